The molecule has 7 heteroatoms. The van der Waals surface area contributed by atoms with E-state index in [-0.39, 0.29) is 5.91 Å². The van der Waals surface area contributed by atoms with Crippen molar-refractivity contribution in [3.05, 3.63) is 0 Å². The Labute approximate surface area is 218 Å². The number of amides is 1. The Morgan fingerprint density at radius 1 is 1.00 bits per heavy atom. The highest BCUT2D eigenvalue weighted by atomic mass is 32.2. The Kier molecular flexibility index (Phi) is 7.15. The number of piperidine rings is 1. The van der Waals surface area contributed by atoms with Gasteiger partial charge in [0.05, 0.1) is 5.25 Å². The largest absolute Gasteiger partial charge is 0.343 e. The quantitative estimate of drug-likeness (QED) is 0.482. The van der Waals surface area contributed by atoms with Gasteiger partial charge in [-0.3, -0.25) is 14.1 Å². The summed E-state index contributed by atoms with van der Waals surface area (Å²) in [6.07, 6.45) is 12.6. The Hall–Kier alpha value is -0.950. The third-order valence-corrected chi connectivity index (χ3v) is 13.6. The molecule has 4 aliphatic carbocycles. The summed E-state index contributed by atoms with van der Waals surface area (Å²) in [6, 6.07) is 0. The summed E-state index contributed by atoms with van der Waals surface area (Å²) in [5.41, 5.74) is 0.724. The first-order valence-electron chi connectivity index (χ1n) is 14.7. The smallest absolute Gasteiger partial charge is 0.267 e. The molecule has 0 aromatic heterocycles. The molecular weight excluding hydrogens is 474 g/mol. The van der Waals surface area contributed by atoms with Crippen LogP contribution in [0, 0.1) is 46.3 Å². The lowest BCUT2D eigenvalue weighted by Gasteiger charge is -2.60. The normalized spacial score (nSPS) is 42.4. The molecule has 1 amide bonds. The van der Waals surface area contributed by atoms with Gasteiger partial charge in [0, 0.05) is 32.4 Å². The molecule has 0 aromatic carbocycles. The van der Waals surface area contributed by atoms with E-state index in [1.807, 2.05) is 0 Å². The summed E-state index contributed by atoms with van der Waals surface area (Å²) >= 11 is 0. The van der Waals surface area contributed by atoms with Crippen molar-refractivity contribution in [1.82, 2.24) is 4.90 Å². The van der Waals surface area contributed by atoms with Crippen LogP contribution in [-0.2, 0) is 19.7 Å². The van der Waals surface area contributed by atoms with Gasteiger partial charge in [0.2, 0.25) is 5.91 Å². The fourth-order valence-corrected chi connectivity index (χ4v) is 10.9. The van der Waals surface area contributed by atoms with Gasteiger partial charge < -0.3 is 4.90 Å². The minimum absolute atomic E-state index is 0.136. The predicted octanol–water partition coefficient (Wildman–Crippen LogP) is 5.51. The zero-order chi connectivity index (χ0) is 25.9. The molecule has 6 nitrogen and oxygen atoms in total. The Balaban J connectivity index is 1.18. The van der Waals surface area contributed by atoms with Crippen molar-refractivity contribution in [3.63, 3.8) is 0 Å². The highest BCUT2D eigenvalue weighted by Crippen LogP contribution is 2.68. The molecule has 5 aliphatic rings. The minimum Gasteiger partial charge on any atom is -0.343 e. The number of fused-ring (bicyclic) bond motifs is 5. The van der Waals surface area contributed by atoms with Crippen molar-refractivity contribution < 1.29 is 22.6 Å². The van der Waals surface area contributed by atoms with Gasteiger partial charge in [0.1, 0.15) is 5.78 Å². The van der Waals surface area contributed by atoms with Crippen LogP contribution in [0.4, 0.5) is 0 Å². The monoisotopic (exact) mass is 521 g/mol. The first-order valence-corrected chi connectivity index (χ1v) is 16.2. The van der Waals surface area contributed by atoms with E-state index < -0.39 is 15.4 Å². The molecule has 1 heterocycles. The highest BCUT2D eigenvalue weighted by molar-refractivity contribution is 7.86. The van der Waals surface area contributed by atoms with Crippen molar-refractivity contribution in [2.45, 2.75) is 109 Å². The molecule has 36 heavy (non-hydrogen) atoms. The molecule has 204 valence electrons. The van der Waals surface area contributed by atoms with Gasteiger partial charge in [0.25, 0.3) is 10.1 Å². The van der Waals surface area contributed by atoms with Crippen LogP contribution in [0.25, 0.3) is 0 Å². The van der Waals surface area contributed by atoms with Crippen molar-refractivity contribution in [3.8, 4) is 0 Å². The van der Waals surface area contributed by atoms with E-state index >= 15 is 0 Å². The van der Waals surface area contributed by atoms with E-state index in [9.17, 15) is 22.6 Å². The minimum atomic E-state index is -4.00. The van der Waals surface area contributed by atoms with Crippen LogP contribution < -0.4 is 0 Å². The van der Waals surface area contributed by atoms with Crippen molar-refractivity contribution in [2.24, 2.45) is 46.3 Å². The summed E-state index contributed by atoms with van der Waals surface area (Å²) < 4.78 is 32.1. The SMILES string of the molecule is C[C@H](CCC(=O)N1CCC(S(=O)(=O)O)CC1)[C@H]1CC[C@H]2[C@@H]3CC[C@@H]4CC(=O)CC[C@]4(C)[C@H]3CC[C@]12C. The van der Waals surface area contributed by atoms with Crippen molar-refractivity contribution in [1.29, 1.82) is 0 Å². The third kappa shape index (κ3) is 4.58. The standard InChI is InChI=1S/C29H47NO5S/c1-19(4-9-27(32)30-16-12-22(13-17-30)36(33,34)35)24-7-8-25-23-6-5-20-18-21(31)10-14-28(20,2)26(23)11-15-29(24,25)3/h19-20,22-26H,4-18H2,1-3H3,(H,33,34,35)/t19-,20-,23+,24-,25+,26+,28+,29-/m1/s1. The number of ketones is 1. The number of carbonyl (C=O) groups excluding carboxylic acids is 2. The second kappa shape index (κ2) is 9.66. The maximum atomic E-state index is 12.9. The van der Waals surface area contributed by atoms with Crippen LogP contribution in [0.5, 0.6) is 0 Å². The summed E-state index contributed by atoms with van der Waals surface area (Å²) in [7, 11) is -4.00. The van der Waals surface area contributed by atoms with E-state index in [0.717, 1.165) is 43.4 Å². The molecular formula is C29H47NO5S. The maximum absolute atomic E-state index is 12.9. The Morgan fingerprint density at radius 3 is 2.39 bits per heavy atom. The molecule has 4 saturated carbocycles. The highest BCUT2D eigenvalue weighted by Gasteiger charge is 2.60. The van der Waals surface area contributed by atoms with Crippen LogP contribution in [0.1, 0.15) is 104 Å². The first-order chi connectivity index (χ1) is 16.9. The van der Waals surface area contributed by atoms with Gasteiger partial charge in [-0.25, -0.2) is 0 Å². The molecule has 8 atom stereocenters. The van der Waals surface area contributed by atoms with Crippen LogP contribution in [0.2, 0.25) is 0 Å². The second-order valence-electron chi connectivity index (χ2n) is 13.7. The average Bonchev–Trinajstić information content (AvgIpc) is 3.19. The van der Waals surface area contributed by atoms with Crippen molar-refractivity contribution in [2.75, 3.05) is 13.1 Å². The molecule has 0 bridgehead atoms. The lowest BCUT2D eigenvalue weighted by molar-refractivity contribution is -0.140. The molecule has 0 radical (unpaired) electrons. The summed E-state index contributed by atoms with van der Waals surface area (Å²) in [6.45, 7) is 8.28. The molecule has 0 spiro atoms. The number of hydrogen-bond acceptors (Lipinski definition) is 4. The van der Waals surface area contributed by atoms with E-state index in [0.29, 0.717) is 66.7 Å². The zero-order valence-electron chi connectivity index (χ0n) is 22.6. The molecule has 0 aromatic rings. The lowest BCUT2D eigenvalue weighted by atomic mass is 9.44. The average molecular weight is 522 g/mol. The third-order valence-electron chi connectivity index (χ3n) is 12.3. The summed E-state index contributed by atoms with van der Waals surface area (Å²) in [5, 5.41) is -0.725. The summed E-state index contributed by atoms with van der Waals surface area (Å²) in [4.78, 5) is 26.9. The first kappa shape index (κ1) is 26.6. The molecule has 1 saturated heterocycles. The second-order valence-corrected chi connectivity index (χ2v) is 15.4. The molecule has 1 N–H and O–H groups in total. The Bertz CT molecular complexity index is 972. The van der Waals surface area contributed by atoms with E-state index in [4.69, 9.17) is 0 Å². The molecule has 5 fully saturated rings. The fraction of sp³-hybridized carbons (Fsp3) is 0.931. The zero-order valence-corrected chi connectivity index (χ0v) is 23.4. The molecule has 1 aliphatic heterocycles. The Morgan fingerprint density at radius 2 is 1.69 bits per heavy atom. The number of likely N-dealkylation sites (tertiary alicyclic amines) is 1. The van der Waals surface area contributed by atoms with Gasteiger partial charge in [0.15, 0.2) is 0 Å². The molecule has 0 unspecified atom stereocenters. The number of Topliss-reactive ketones (excluding diaryl/α,β-unsaturated/α-hetero) is 1. The van der Waals surface area contributed by atoms with E-state index in [2.05, 4.69) is 20.8 Å². The van der Waals surface area contributed by atoms with Gasteiger partial charge in [-0.05, 0) is 111 Å². The number of nitrogens with zero attached hydrogens (tertiary/aromatic N) is 1. The predicted molar refractivity (Wildman–Crippen MR) is 140 cm³/mol. The number of carbonyl (C=O) groups is 2. The lowest BCUT2D eigenvalue weighted by Crippen LogP contribution is -2.53. The van der Waals surface area contributed by atoms with Crippen LogP contribution in [0.3, 0.4) is 0 Å². The van der Waals surface area contributed by atoms with Gasteiger partial charge >= 0.3 is 0 Å². The van der Waals surface area contributed by atoms with Crippen LogP contribution in [-0.4, -0.2) is 47.9 Å². The van der Waals surface area contributed by atoms with Gasteiger partial charge in [-0.15, -0.1) is 0 Å². The van der Waals surface area contributed by atoms with Crippen LogP contribution >= 0.6 is 0 Å². The van der Waals surface area contributed by atoms with Gasteiger partial charge in [-0.1, -0.05) is 20.8 Å². The number of hydrogen-bond donors (Lipinski definition) is 1. The molecule has 5 rings (SSSR count). The topological polar surface area (TPSA) is 91.8 Å². The fourth-order valence-electron chi connectivity index (χ4n) is 10.1. The maximum Gasteiger partial charge on any atom is 0.267 e. The van der Waals surface area contributed by atoms with E-state index in [1.54, 1.807) is 4.90 Å². The summed E-state index contributed by atoms with van der Waals surface area (Å²) in [5.74, 6) is 4.78. The van der Waals surface area contributed by atoms with E-state index in [1.165, 1.54) is 38.5 Å². The van der Waals surface area contributed by atoms with Gasteiger partial charge in [-0.2, -0.15) is 8.42 Å². The van der Waals surface area contributed by atoms with Crippen molar-refractivity contribution >= 4 is 21.8 Å². The van der Waals surface area contributed by atoms with Crippen LogP contribution in [0.15, 0.2) is 0 Å². The number of rotatable bonds is 5.